The zero-order valence-electron chi connectivity index (χ0n) is 15.4. The molecule has 1 saturated heterocycles. The summed E-state index contributed by atoms with van der Waals surface area (Å²) in [5, 5.41) is 0. The van der Waals surface area contributed by atoms with Gasteiger partial charge in [-0.25, -0.2) is 0 Å². The van der Waals surface area contributed by atoms with Gasteiger partial charge in [-0.2, -0.15) is 13.2 Å². The van der Waals surface area contributed by atoms with Crippen molar-refractivity contribution in [2.45, 2.75) is 63.2 Å². The molecule has 0 amide bonds. The molecule has 0 spiro atoms. The number of dihydropyridines is 1. The number of hydrogen-bond acceptors (Lipinski definition) is 4. The number of alkyl halides is 3. The zero-order chi connectivity index (χ0) is 18.7. The van der Waals surface area contributed by atoms with Crippen molar-refractivity contribution >= 4 is 14.3 Å². The fourth-order valence-electron chi connectivity index (χ4n) is 3.25. The number of aliphatic imine (C=N–C) groups is 1. The van der Waals surface area contributed by atoms with Crippen LogP contribution in [0.25, 0.3) is 0 Å². The highest BCUT2D eigenvalue weighted by atomic mass is 28.3. The van der Waals surface area contributed by atoms with Crippen LogP contribution in [-0.2, 0) is 4.74 Å². The fourth-order valence-corrected chi connectivity index (χ4v) is 4.01. The Morgan fingerprint density at radius 1 is 1.36 bits per heavy atom. The molecule has 2 aliphatic heterocycles. The van der Waals surface area contributed by atoms with Crippen LogP contribution in [0.5, 0.6) is 0 Å². The lowest BCUT2D eigenvalue weighted by molar-refractivity contribution is -0.0970. The molecule has 2 N–H and O–H groups in total. The number of halogens is 3. The molecule has 1 unspecified atom stereocenters. The summed E-state index contributed by atoms with van der Waals surface area (Å²) in [7, 11) is -1.20. The van der Waals surface area contributed by atoms with E-state index in [9.17, 15) is 13.2 Å². The van der Waals surface area contributed by atoms with Crippen LogP contribution < -0.4 is 5.73 Å². The molecular weight excluding hydrogens is 347 g/mol. The summed E-state index contributed by atoms with van der Waals surface area (Å²) >= 11 is 0. The highest BCUT2D eigenvalue weighted by molar-refractivity contribution is 6.76. The van der Waals surface area contributed by atoms with Gasteiger partial charge in [-0.1, -0.05) is 19.6 Å². The van der Waals surface area contributed by atoms with E-state index in [1.807, 2.05) is 0 Å². The Kier molecular flexibility index (Phi) is 6.72. The van der Waals surface area contributed by atoms with Crippen molar-refractivity contribution in [1.29, 1.82) is 0 Å². The molecule has 25 heavy (non-hydrogen) atoms. The topological polar surface area (TPSA) is 50.9 Å². The first kappa shape index (κ1) is 20.4. The van der Waals surface area contributed by atoms with E-state index in [0.29, 0.717) is 19.7 Å². The minimum atomic E-state index is -4.35. The molecule has 2 aliphatic rings. The third kappa shape index (κ3) is 5.82. The molecule has 0 aromatic rings. The van der Waals surface area contributed by atoms with Crippen LogP contribution in [-0.4, -0.2) is 63.8 Å². The smallest absolute Gasteiger partial charge is 0.380 e. The summed E-state index contributed by atoms with van der Waals surface area (Å²) in [4.78, 5) is 6.13. The fraction of sp³-hybridized carbons (Fsp3) is 0.824. The van der Waals surface area contributed by atoms with Crippen molar-refractivity contribution in [3.8, 4) is 0 Å². The summed E-state index contributed by atoms with van der Waals surface area (Å²) in [6.45, 7) is 8.56. The van der Waals surface area contributed by atoms with Gasteiger partial charge in [0, 0.05) is 46.4 Å². The average molecular weight is 378 g/mol. The number of likely N-dealkylation sites (tertiary alicyclic amines) is 1. The maximum absolute atomic E-state index is 13.6. The lowest BCUT2D eigenvalue weighted by Crippen LogP contribution is -2.39. The summed E-state index contributed by atoms with van der Waals surface area (Å²) in [5.41, 5.74) is 5.44. The van der Waals surface area contributed by atoms with Crippen LogP contribution in [0.15, 0.2) is 16.3 Å². The van der Waals surface area contributed by atoms with Crippen LogP contribution in [0.2, 0.25) is 25.7 Å². The second-order valence-electron chi connectivity index (χ2n) is 8.11. The second kappa shape index (κ2) is 8.22. The van der Waals surface area contributed by atoms with E-state index in [0.717, 1.165) is 18.9 Å². The number of hydrogen-bond donors (Lipinski definition) is 1. The van der Waals surface area contributed by atoms with Gasteiger partial charge in [-0.15, -0.1) is 0 Å². The van der Waals surface area contributed by atoms with Gasteiger partial charge in [0.2, 0.25) is 0 Å². The Labute approximate surface area is 149 Å². The lowest BCUT2D eigenvalue weighted by atomic mass is 10.0. The predicted octanol–water partition coefficient (Wildman–Crippen LogP) is 3.42. The molecule has 144 valence electrons. The summed E-state index contributed by atoms with van der Waals surface area (Å²) in [5.74, 6) is 0. The molecular formula is C17H30F3N3OSi. The summed E-state index contributed by atoms with van der Waals surface area (Å²) in [6, 6.07) is 0.520. The average Bonchev–Trinajstić information content (AvgIpc) is 2.98. The van der Waals surface area contributed by atoms with E-state index in [-0.39, 0.29) is 24.8 Å². The molecule has 0 bridgehead atoms. The van der Waals surface area contributed by atoms with Gasteiger partial charge in [0.15, 0.2) is 0 Å². The minimum absolute atomic E-state index is 0.0247. The zero-order valence-corrected chi connectivity index (χ0v) is 16.4. The van der Waals surface area contributed by atoms with Crippen molar-refractivity contribution in [3.63, 3.8) is 0 Å². The van der Waals surface area contributed by atoms with Crippen LogP contribution in [0.1, 0.15) is 19.3 Å². The van der Waals surface area contributed by atoms with Crippen LogP contribution in [0, 0.1) is 0 Å². The van der Waals surface area contributed by atoms with Crippen molar-refractivity contribution in [2.24, 2.45) is 10.7 Å². The van der Waals surface area contributed by atoms with Crippen LogP contribution in [0.3, 0.4) is 0 Å². The van der Waals surface area contributed by atoms with Gasteiger partial charge in [-0.3, -0.25) is 4.99 Å². The molecule has 2 heterocycles. The summed E-state index contributed by atoms with van der Waals surface area (Å²) in [6.07, 6.45) is -1.36. The minimum Gasteiger partial charge on any atom is -0.380 e. The number of ether oxygens (including phenoxy) is 1. The third-order valence-electron chi connectivity index (χ3n) is 4.76. The number of nitrogens with two attached hydrogens (primary N) is 1. The Balaban J connectivity index is 2.02. The quantitative estimate of drug-likeness (QED) is 0.546. The first-order valence-electron chi connectivity index (χ1n) is 9.00. The standard InChI is InChI=1S/C17H30F3N3OSi/c1-25(2,3)8-7-24-12-13-9-15(17(18,19)20)16(11-22-13)23-6-4-5-14(23)10-21/h11,13-14H,4-10,12,21H2,1-3H3/t13?,14-/m0/s1. The molecule has 8 heteroatoms. The monoisotopic (exact) mass is 377 g/mol. The molecule has 0 saturated carbocycles. The Bertz CT molecular complexity index is 514. The van der Waals surface area contributed by atoms with Gasteiger partial charge in [0.1, 0.15) is 0 Å². The Morgan fingerprint density at radius 2 is 2.08 bits per heavy atom. The molecule has 2 rings (SSSR count). The first-order valence-corrected chi connectivity index (χ1v) is 12.7. The molecule has 0 aromatic heterocycles. The van der Waals surface area contributed by atoms with Gasteiger partial charge < -0.3 is 15.4 Å². The van der Waals surface area contributed by atoms with E-state index in [2.05, 4.69) is 24.6 Å². The predicted molar refractivity (Wildman–Crippen MR) is 97.7 cm³/mol. The van der Waals surface area contributed by atoms with E-state index in [1.54, 1.807) is 4.90 Å². The highest BCUT2D eigenvalue weighted by Crippen LogP contribution is 2.37. The number of allylic oxidation sites excluding steroid dienone is 1. The Hall–Kier alpha value is -0.863. The maximum atomic E-state index is 13.6. The normalized spacial score (nSPS) is 25.2. The maximum Gasteiger partial charge on any atom is 0.414 e. The lowest BCUT2D eigenvalue weighted by Gasteiger charge is -2.32. The SMILES string of the molecule is C[Si](C)(C)CCOCC1CC(C(F)(F)F)=C(N2CCC[C@H]2CN)C=N1. The first-order chi connectivity index (χ1) is 11.6. The van der Waals surface area contributed by atoms with E-state index in [4.69, 9.17) is 10.5 Å². The van der Waals surface area contributed by atoms with Crippen molar-refractivity contribution in [1.82, 2.24) is 4.90 Å². The van der Waals surface area contributed by atoms with Crippen LogP contribution in [0.4, 0.5) is 13.2 Å². The van der Waals surface area contributed by atoms with Crippen molar-refractivity contribution < 1.29 is 17.9 Å². The van der Waals surface area contributed by atoms with Crippen LogP contribution >= 0.6 is 0 Å². The molecule has 0 aliphatic carbocycles. The van der Waals surface area contributed by atoms with Crippen molar-refractivity contribution in [2.75, 3.05) is 26.3 Å². The molecule has 1 fully saturated rings. The molecule has 0 radical (unpaired) electrons. The van der Waals surface area contributed by atoms with E-state index < -0.39 is 25.9 Å². The number of rotatable bonds is 7. The third-order valence-corrected chi connectivity index (χ3v) is 6.47. The van der Waals surface area contributed by atoms with E-state index in [1.165, 1.54) is 6.21 Å². The molecule has 0 aromatic carbocycles. The summed E-state index contributed by atoms with van der Waals surface area (Å²) < 4.78 is 46.4. The Morgan fingerprint density at radius 3 is 2.68 bits per heavy atom. The largest absolute Gasteiger partial charge is 0.414 e. The van der Waals surface area contributed by atoms with Gasteiger partial charge in [-0.05, 0) is 18.9 Å². The number of nitrogens with zero attached hydrogens (tertiary/aromatic N) is 2. The molecule has 4 nitrogen and oxygen atoms in total. The molecule has 2 atom stereocenters. The second-order valence-corrected chi connectivity index (χ2v) is 13.7. The van der Waals surface area contributed by atoms with E-state index >= 15 is 0 Å². The van der Waals surface area contributed by atoms with Gasteiger partial charge in [0.05, 0.1) is 23.9 Å². The van der Waals surface area contributed by atoms with Crippen molar-refractivity contribution in [3.05, 3.63) is 11.3 Å². The van der Waals surface area contributed by atoms with Gasteiger partial charge in [0.25, 0.3) is 0 Å². The highest BCUT2D eigenvalue weighted by Gasteiger charge is 2.41. The van der Waals surface area contributed by atoms with Gasteiger partial charge >= 0.3 is 6.18 Å².